The molecule has 3 heteroatoms. The van der Waals surface area contributed by atoms with Gasteiger partial charge in [0.25, 0.3) is 0 Å². The summed E-state index contributed by atoms with van der Waals surface area (Å²) in [6.45, 7) is 1.82. The fourth-order valence-electron chi connectivity index (χ4n) is 1.45. The molecule has 0 aliphatic rings. The fourth-order valence-corrected chi connectivity index (χ4v) is 3.19. The normalized spacial score (nSPS) is 13.4. The Balaban J connectivity index is 2.41. The standard InChI is InChI=1S/C11H11BrOS/c1-7(13)4-10-5-8-2-3-9(12)6-11(8)14-10/h2-3,5-7,13H,4H2,1H3. The molecule has 1 unspecified atom stereocenters. The first-order valence-corrected chi connectivity index (χ1v) is 6.12. The number of hydrogen-bond acceptors (Lipinski definition) is 2. The van der Waals surface area contributed by atoms with Crippen LogP contribution in [0.3, 0.4) is 0 Å². The number of fused-ring (bicyclic) bond motifs is 1. The largest absolute Gasteiger partial charge is 0.393 e. The zero-order valence-corrected chi connectivity index (χ0v) is 10.2. The van der Waals surface area contributed by atoms with Crippen molar-refractivity contribution in [3.8, 4) is 0 Å². The lowest BCUT2D eigenvalue weighted by atomic mass is 10.2. The van der Waals surface area contributed by atoms with E-state index in [0.717, 1.165) is 10.9 Å². The maximum atomic E-state index is 9.28. The van der Waals surface area contributed by atoms with Gasteiger partial charge in [-0.2, -0.15) is 0 Å². The van der Waals surface area contributed by atoms with Gasteiger partial charge in [0.05, 0.1) is 6.10 Å². The van der Waals surface area contributed by atoms with Crippen molar-refractivity contribution in [1.82, 2.24) is 0 Å². The van der Waals surface area contributed by atoms with Crippen molar-refractivity contribution in [3.63, 3.8) is 0 Å². The molecular formula is C11H11BrOS. The molecule has 2 rings (SSSR count). The van der Waals surface area contributed by atoms with Crippen LogP contribution in [0.4, 0.5) is 0 Å². The topological polar surface area (TPSA) is 20.2 Å². The third kappa shape index (κ3) is 2.16. The summed E-state index contributed by atoms with van der Waals surface area (Å²) >= 11 is 5.20. The summed E-state index contributed by atoms with van der Waals surface area (Å²) in [5, 5.41) is 10.5. The highest BCUT2D eigenvalue weighted by Crippen LogP contribution is 2.28. The van der Waals surface area contributed by atoms with Crippen LogP contribution in [0.1, 0.15) is 11.8 Å². The highest BCUT2D eigenvalue weighted by Gasteiger charge is 2.04. The van der Waals surface area contributed by atoms with Gasteiger partial charge in [-0.25, -0.2) is 0 Å². The number of hydrogen-bond donors (Lipinski definition) is 1. The minimum atomic E-state index is -0.258. The molecule has 0 bridgehead atoms. The molecule has 0 radical (unpaired) electrons. The molecule has 2 aromatic rings. The van der Waals surface area contributed by atoms with Gasteiger partial charge in [0.2, 0.25) is 0 Å². The first kappa shape index (κ1) is 10.1. The third-order valence-electron chi connectivity index (χ3n) is 2.03. The lowest BCUT2D eigenvalue weighted by Crippen LogP contribution is -2.01. The Morgan fingerprint density at radius 1 is 1.43 bits per heavy atom. The predicted molar refractivity (Wildman–Crippen MR) is 64.9 cm³/mol. The number of halogens is 1. The third-order valence-corrected chi connectivity index (χ3v) is 3.64. The van der Waals surface area contributed by atoms with Crippen molar-refractivity contribution in [3.05, 3.63) is 33.6 Å². The Hall–Kier alpha value is -0.380. The van der Waals surface area contributed by atoms with Gasteiger partial charge in [-0.3, -0.25) is 0 Å². The minimum absolute atomic E-state index is 0.258. The van der Waals surface area contributed by atoms with Crippen molar-refractivity contribution in [2.75, 3.05) is 0 Å². The average Bonchev–Trinajstić information content (AvgIpc) is 2.44. The van der Waals surface area contributed by atoms with E-state index in [9.17, 15) is 5.11 Å². The van der Waals surface area contributed by atoms with Crippen LogP contribution in [-0.4, -0.2) is 11.2 Å². The lowest BCUT2D eigenvalue weighted by Gasteiger charge is -1.98. The Kier molecular flexibility index (Phi) is 2.91. The summed E-state index contributed by atoms with van der Waals surface area (Å²) < 4.78 is 2.38. The van der Waals surface area contributed by atoms with Gasteiger partial charge in [0, 0.05) is 20.5 Å². The molecule has 0 aliphatic carbocycles. The van der Waals surface area contributed by atoms with Gasteiger partial charge in [-0.05, 0) is 30.5 Å². The molecule has 0 spiro atoms. The Morgan fingerprint density at radius 2 is 2.21 bits per heavy atom. The van der Waals surface area contributed by atoms with Crippen LogP contribution in [0.15, 0.2) is 28.7 Å². The Morgan fingerprint density at radius 3 is 2.93 bits per heavy atom. The first-order valence-electron chi connectivity index (χ1n) is 4.51. The second-order valence-electron chi connectivity index (χ2n) is 3.45. The molecule has 1 nitrogen and oxygen atoms in total. The molecule has 0 saturated carbocycles. The van der Waals surface area contributed by atoms with E-state index in [1.54, 1.807) is 11.3 Å². The summed E-state index contributed by atoms with van der Waals surface area (Å²) in [5.74, 6) is 0. The van der Waals surface area contributed by atoms with Crippen LogP contribution in [0.25, 0.3) is 10.1 Å². The summed E-state index contributed by atoms with van der Waals surface area (Å²) in [7, 11) is 0. The quantitative estimate of drug-likeness (QED) is 0.885. The fraction of sp³-hybridized carbons (Fsp3) is 0.273. The van der Waals surface area contributed by atoms with E-state index in [0.29, 0.717) is 0 Å². The van der Waals surface area contributed by atoms with Crippen molar-refractivity contribution >= 4 is 37.4 Å². The monoisotopic (exact) mass is 270 g/mol. The zero-order valence-electron chi connectivity index (χ0n) is 7.83. The number of rotatable bonds is 2. The lowest BCUT2D eigenvalue weighted by molar-refractivity contribution is 0.196. The van der Waals surface area contributed by atoms with Gasteiger partial charge in [-0.15, -0.1) is 11.3 Å². The summed E-state index contributed by atoms with van der Waals surface area (Å²) in [6.07, 6.45) is 0.489. The Bertz CT molecular complexity index is 447. The summed E-state index contributed by atoms with van der Waals surface area (Å²) in [6, 6.07) is 8.41. The molecule has 0 saturated heterocycles. The molecule has 0 amide bonds. The second kappa shape index (κ2) is 4.01. The maximum absolute atomic E-state index is 9.28. The van der Waals surface area contributed by atoms with Crippen LogP contribution in [-0.2, 0) is 6.42 Å². The van der Waals surface area contributed by atoms with Gasteiger partial charge in [-0.1, -0.05) is 22.0 Å². The summed E-state index contributed by atoms with van der Waals surface area (Å²) in [4.78, 5) is 1.24. The van der Waals surface area contributed by atoms with E-state index in [1.807, 2.05) is 13.0 Å². The van der Waals surface area contributed by atoms with Gasteiger partial charge in [0.1, 0.15) is 0 Å². The van der Waals surface area contributed by atoms with E-state index >= 15 is 0 Å². The molecule has 1 N–H and O–H groups in total. The highest BCUT2D eigenvalue weighted by molar-refractivity contribution is 9.10. The average molecular weight is 271 g/mol. The molecule has 1 heterocycles. The molecular weight excluding hydrogens is 260 g/mol. The molecule has 0 fully saturated rings. The van der Waals surface area contributed by atoms with Crippen molar-refractivity contribution in [2.45, 2.75) is 19.4 Å². The van der Waals surface area contributed by atoms with E-state index in [-0.39, 0.29) is 6.10 Å². The van der Waals surface area contributed by atoms with Crippen LogP contribution in [0, 0.1) is 0 Å². The molecule has 1 aromatic carbocycles. The molecule has 1 atom stereocenters. The number of benzene rings is 1. The van der Waals surface area contributed by atoms with Crippen LogP contribution >= 0.6 is 27.3 Å². The van der Waals surface area contributed by atoms with Crippen LogP contribution < -0.4 is 0 Å². The van der Waals surface area contributed by atoms with E-state index in [4.69, 9.17) is 0 Å². The van der Waals surface area contributed by atoms with Gasteiger partial charge in [0.15, 0.2) is 0 Å². The van der Waals surface area contributed by atoms with Gasteiger partial charge < -0.3 is 5.11 Å². The summed E-state index contributed by atoms with van der Waals surface area (Å²) in [5.41, 5.74) is 0. The van der Waals surface area contributed by atoms with Crippen molar-refractivity contribution in [2.24, 2.45) is 0 Å². The van der Waals surface area contributed by atoms with Crippen LogP contribution in [0.2, 0.25) is 0 Å². The Labute approximate surface area is 95.5 Å². The van der Waals surface area contributed by atoms with Gasteiger partial charge >= 0.3 is 0 Å². The molecule has 1 aromatic heterocycles. The number of thiophene rings is 1. The van der Waals surface area contributed by atoms with Crippen LogP contribution in [0.5, 0.6) is 0 Å². The molecule has 0 aliphatic heterocycles. The number of aliphatic hydroxyl groups excluding tert-OH is 1. The predicted octanol–water partition coefficient (Wildman–Crippen LogP) is 3.59. The first-order chi connectivity index (χ1) is 6.65. The highest BCUT2D eigenvalue weighted by atomic mass is 79.9. The molecule has 14 heavy (non-hydrogen) atoms. The zero-order chi connectivity index (χ0) is 10.1. The number of aliphatic hydroxyl groups is 1. The smallest absolute Gasteiger partial charge is 0.0560 e. The van der Waals surface area contributed by atoms with E-state index in [2.05, 4.69) is 34.1 Å². The van der Waals surface area contributed by atoms with Crippen molar-refractivity contribution < 1.29 is 5.11 Å². The molecule has 74 valence electrons. The maximum Gasteiger partial charge on any atom is 0.0560 e. The SMILES string of the molecule is CC(O)Cc1cc2ccc(Br)cc2s1. The van der Waals surface area contributed by atoms with E-state index < -0.39 is 0 Å². The van der Waals surface area contributed by atoms with E-state index in [1.165, 1.54) is 15.0 Å². The minimum Gasteiger partial charge on any atom is -0.393 e. The second-order valence-corrected chi connectivity index (χ2v) is 5.53. The van der Waals surface area contributed by atoms with Crippen molar-refractivity contribution in [1.29, 1.82) is 0 Å².